The third-order valence-corrected chi connectivity index (χ3v) is 5.62. The molecule has 1 amide bonds. The van der Waals surface area contributed by atoms with Crippen LogP contribution in [0.2, 0.25) is 5.02 Å². The molecule has 1 aliphatic rings. The molecule has 10 heteroatoms. The fourth-order valence-electron chi connectivity index (χ4n) is 3.74. The quantitative estimate of drug-likeness (QED) is 0.635. The third-order valence-electron chi connectivity index (χ3n) is 5.37. The minimum atomic E-state index is -4.54. The minimum absolute atomic E-state index is 0.0846. The monoisotopic (exact) mass is 469 g/mol. The van der Waals surface area contributed by atoms with Crippen molar-refractivity contribution < 1.29 is 27.5 Å². The van der Waals surface area contributed by atoms with Gasteiger partial charge in [-0.1, -0.05) is 23.7 Å². The van der Waals surface area contributed by atoms with Crippen molar-refractivity contribution in [3.05, 3.63) is 58.7 Å². The van der Waals surface area contributed by atoms with E-state index in [2.05, 4.69) is 10.3 Å². The van der Waals surface area contributed by atoms with E-state index in [0.29, 0.717) is 30.0 Å². The maximum Gasteiger partial charge on any atom is 0.419 e. The van der Waals surface area contributed by atoms with Gasteiger partial charge in [0.25, 0.3) is 0 Å². The Morgan fingerprint density at radius 3 is 2.66 bits per heavy atom. The first-order valence-electron chi connectivity index (χ1n) is 10.1. The van der Waals surface area contributed by atoms with Crippen LogP contribution in [-0.2, 0) is 20.5 Å². The molecule has 1 aromatic heterocycles. The number of carbonyl (C=O) groups is 2. The van der Waals surface area contributed by atoms with Crippen molar-refractivity contribution >= 4 is 29.3 Å². The summed E-state index contributed by atoms with van der Waals surface area (Å²) in [5, 5.41) is 3.36. The van der Waals surface area contributed by atoms with Gasteiger partial charge in [0, 0.05) is 24.3 Å². The lowest BCUT2D eigenvalue weighted by Gasteiger charge is -2.34. The highest BCUT2D eigenvalue weighted by Gasteiger charge is 2.37. The molecule has 0 spiro atoms. The lowest BCUT2D eigenvalue weighted by atomic mass is 9.95. The number of piperidine rings is 1. The van der Waals surface area contributed by atoms with E-state index in [1.54, 1.807) is 24.3 Å². The van der Waals surface area contributed by atoms with Gasteiger partial charge in [0.15, 0.2) is 0 Å². The van der Waals surface area contributed by atoms with Crippen LogP contribution in [-0.4, -0.2) is 37.1 Å². The molecule has 1 saturated heterocycles. The molecule has 172 valence electrons. The largest absolute Gasteiger partial charge is 0.469 e. The van der Waals surface area contributed by atoms with Crippen molar-refractivity contribution in [2.24, 2.45) is 5.92 Å². The summed E-state index contributed by atoms with van der Waals surface area (Å²) < 4.78 is 44.9. The van der Waals surface area contributed by atoms with Gasteiger partial charge in [0.05, 0.1) is 31.1 Å². The molecule has 0 radical (unpaired) electrons. The number of benzene rings is 1. The lowest BCUT2D eigenvalue weighted by molar-refractivity contribution is -0.141. The summed E-state index contributed by atoms with van der Waals surface area (Å²) in [5.74, 6) is -1.58. The molecule has 2 heterocycles. The number of hydrogen-bond acceptors (Lipinski definition) is 5. The van der Waals surface area contributed by atoms with Crippen molar-refractivity contribution in [1.82, 2.24) is 10.3 Å². The lowest BCUT2D eigenvalue weighted by Crippen LogP contribution is -2.45. The number of alkyl halides is 3. The number of nitrogens with zero attached hydrogens (tertiary/aromatic N) is 2. The van der Waals surface area contributed by atoms with Crippen LogP contribution >= 0.6 is 11.6 Å². The number of anilines is 1. The van der Waals surface area contributed by atoms with Crippen LogP contribution in [0.5, 0.6) is 0 Å². The van der Waals surface area contributed by atoms with Gasteiger partial charge in [-0.05, 0) is 42.7 Å². The predicted molar refractivity (Wildman–Crippen MR) is 113 cm³/mol. The van der Waals surface area contributed by atoms with Crippen molar-refractivity contribution in [3.63, 3.8) is 0 Å². The molecular weight excluding hydrogens is 447 g/mol. The predicted octanol–water partition coefficient (Wildman–Crippen LogP) is 4.39. The van der Waals surface area contributed by atoms with Crippen molar-refractivity contribution in [2.45, 2.75) is 31.5 Å². The second kappa shape index (κ2) is 10.2. The standard InChI is InChI=1S/C22H23ClF3N3O3/c1-32-19(30)12-18(14-6-8-16(23)9-7-14)28-21(31)15-4-3-11-29(13-15)20-17(22(24,25)26)5-2-10-27-20/h2,5-10,15,18H,3-4,11-13H2,1H3,(H,28,31). The number of hydrogen-bond donors (Lipinski definition) is 1. The smallest absolute Gasteiger partial charge is 0.419 e. The summed E-state index contributed by atoms with van der Waals surface area (Å²) >= 11 is 5.93. The third kappa shape index (κ3) is 5.91. The second-order valence-electron chi connectivity index (χ2n) is 7.55. The van der Waals surface area contributed by atoms with Crippen LogP contribution in [0, 0.1) is 5.92 Å². The number of carbonyl (C=O) groups excluding carboxylic acids is 2. The van der Waals surface area contributed by atoms with E-state index in [1.165, 1.54) is 24.3 Å². The van der Waals surface area contributed by atoms with E-state index in [-0.39, 0.29) is 24.7 Å². The minimum Gasteiger partial charge on any atom is -0.469 e. The van der Waals surface area contributed by atoms with Gasteiger partial charge in [0.1, 0.15) is 5.82 Å². The van der Waals surface area contributed by atoms with Crippen LogP contribution < -0.4 is 10.2 Å². The van der Waals surface area contributed by atoms with Crippen molar-refractivity contribution in [1.29, 1.82) is 0 Å². The molecule has 0 bridgehead atoms. The van der Waals surface area contributed by atoms with Gasteiger partial charge in [-0.15, -0.1) is 0 Å². The zero-order valence-corrected chi connectivity index (χ0v) is 18.1. The molecule has 32 heavy (non-hydrogen) atoms. The number of ether oxygens (including phenoxy) is 1. The zero-order valence-electron chi connectivity index (χ0n) is 17.4. The summed E-state index contributed by atoms with van der Waals surface area (Å²) in [6, 6.07) is 8.27. The Balaban J connectivity index is 1.76. The highest BCUT2D eigenvalue weighted by atomic mass is 35.5. The first kappa shape index (κ1) is 23.8. The van der Waals surface area contributed by atoms with Gasteiger partial charge < -0.3 is 15.0 Å². The molecule has 0 saturated carbocycles. The summed E-state index contributed by atoms with van der Waals surface area (Å²) in [7, 11) is 1.26. The number of esters is 1. The van der Waals surface area contributed by atoms with Crippen molar-refractivity contribution in [2.75, 3.05) is 25.1 Å². The normalized spacial score (nSPS) is 17.5. The molecule has 1 N–H and O–H groups in total. The molecule has 0 aliphatic carbocycles. The fourth-order valence-corrected chi connectivity index (χ4v) is 3.87. The van der Waals surface area contributed by atoms with Crippen LogP contribution in [0.1, 0.15) is 36.4 Å². The SMILES string of the molecule is COC(=O)CC(NC(=O)C1CCCN(c2ncccc2C(F)(F)F)C1)c1ccc(Cl)cc1. The molecule has 2 unspecified atom stereocenters. The number of rotatable bonds is 6. The Kier molecular flexibility index (Phi) is 7.60. The van der Waals surface area contributed by atoms with E-state index < -0.39 is 29.7 Å². The van der Waals surface area contributed by atoms with Crippen LogP contribution in [0.25, 0.3) is 0 Å². The number of halogens is 4. The zero-order chi connectivity index (χ0) is 23.3. The van der Waals surface area contributed by atoms with E-state index in [0.717, 1.165) is 6.07 Å². The molecular formula is C22H23ClF3N3O3. The van der Waals surface area contributed by atoms with Gasteiger partial charge in [-0.3, -0.25) is 9.59 Å². The topological polar surface area (TPSA) is 71.5 Å². The average Bonchev–Trinajstić information content (AvgIpc) is 2.78. The second-order valence-corrected chi connectivity index (χ2v) is 7.99. The molecule has 2 aromatic rings. The summed E-state index contributed by atoms with van der Waals surface area (Å²) in [6.45, 7) is 0.462. The maximum absolute atomic E-state index is 13.4. The van der Waals surface area contributed by atoms with Gasteiger partial charge in [-0.25, -0.2) is 4.98 Å². The molecule has 3 rings (SSSR count). The number of nitrogens with one attached hydrogen (secondary N) is 1. The van der Waals surface area contributed by atoms with E-state index in [1.807, 2.05) is 0 Å². The first-order chi connectivity index (χ1) is 15.2. The fraction of sp³-hybridized carbons (Fsp3) is 0.409. The maximum atomic E-state index is 13.4. The summed E-state index contributed by atoms with van der Waals surface area (Å²) in [6.07, 6.45) is -2.27. The van der Waals surface area contributed by atoms with E-state index >= 15 is 0 Å². The Labute approximate surface area is 188 Å². The highest BCUT2D eigenvalue weighted by Crippen LogP contribution is 2.36. The van der Waals surface area contributed by atoms with Gasteiger partial charge >= 0.3 is 12.1 Å². The summed E-state index contributed by atoms with van der Waals surface area (Å²) in [5.41, 5.74) is -0.157. The Morgan fingerprint density at radius 1 is 1.28 bits per heavy atom. The first-order valence-corrected chi connectivity index (χ1v) is 10.5. The van der Waals surface area contributed by atoms with E-state index in [4.69, 9.17) is 16.3 Å². The Hall–Kier alpha value is -2.81. The molecule has 1 aliphatic heterocycles. The van der Waals surface area contributed by atoms with Gasteiger partial charge in [0.2, 0.25) is 5.91 Å². The number of pyridine rings is 1. The van der Waals surface area contributed by atoms with Crippen LogP contribution in [0.15, 0.2) is 42.6 Å². The molecule has 2 atom stereocenters. The highest BCUT2D eigenvalue weighted by molar-refractivity contribution is 6.30. The Morgan fingerprint density at radius 2 is 2.00 bits per heavy atom. The Bertz CT molecular complexity index is 953. The average molecular weight is 470 g/mol. The molecule has 1 fully saturated rings. The van der Waals surface area contributed by atoms with Crippen LogP contribution in [0.3, 0.4) is 0 Å². The van der Waals surface area contributed by atoms with Gasteiger partial charge in [-0.2, -0.15) is 13.2 Å². The van der Waals surface area contributed by atoms with E-state index in [9.17, 15) is 22.8 Å². The molecule has 1 aromatic carbocycles. The van der Waals surface area contributed by atoms with Crippen LogP contribution in [0.4, 0.5) is 19.0 Å². The number of aromatic nitrogens is 1. The van der Waals surface area contributed by atoms with Crippen molar-refractivity contribution in [3.8, 4) is 0 Å². The summed E-state index contributed by atoms with van der Waals surface area (Å²) in [4.78, 5) is 30.3. The number of amides is 1. The number of methoxy groups -OCH3 is 1. The molecule has 6 nitrogen and oxygen atoms in total.